The van der Waals surface area contributed by atoms with Gasteiger partial charge < -0.3 is 4.90 Å². The third kappa shape index (κ3) is 2.70. The average Bonchev–Trinajstić information content (AvgIpc) is 2.83. The second-order valence-electron chi connectivity index (χ2n) is 3.29. The molecule has 12 heavy (non-hydrogen) atoms. The Bertz CT molecular complexity index is 157. The first-order valence-corrected chi connectivity index (χ1v) is 5.33. The van der Waals surface area contributed by atoms with E-state index in [9.17, 15) is 4.79 Å². The highest BCUT2D eigenvalue weighted by molar-refractivity contribution is 7.80. The van der Waals surface area contributed by atoms with Crippen molar-refractivity contribution in [2.75, 3.05) is 12.3 Å². The maximum Gasteiger partial charge on any atom is 0.223 e. The number of amides is 1. The van der Waals surface area contributed by atoms with Crippen molar-refractivity contribution >= 4 is 18.5 Å². The molecule has 1 rings (SSSR count). The molecule has 1 saturated carbocycles. The molecule has 1 amide bonds. The summed E-state index contributed by atoms with van der Waals surface area (Å²) in [6.07, 6.45) is 4.07. The molecule has 0 radical (unpaired) electrons. The highest BCUT2D eigenvalue weighted by Gasteiger charge is 2.31. The Kier molecular flexibility index (Phi) is 3.92. The van der Waals surface area contributed by atoms with Gasteiger partial charge in [-0.15, -0.1) is 0 Å². The number of rotatable bonds is 5. The summed E-state index contributed by atoms with van der Waals surface area (Å²) < 4.78 is 0. The van der Waals surface area contributed by atoms with Gasteiger partial charge in [0.05, 0.1) is 0 Å². The molecule has 0 atom stereocenters. The molecule has 0 unspecified atom stereocenters. The van der Waals surface area contributed by atoms with Crippen LogP contribution in [0.15, 0.2) is 0 Å². The number of hydrogen-bond acceptors (Lipinski definition) is 2. The predicted octanol–water partition coefficient (Wildman–Crippen LogP) is 1.71. The maximum absolute atomic E-state index is 11.5. The topological polar surface area (TPSA) is 20.3 Å². The van der Waals surface area contributed by atoms with Crippen LogP contribution in [0, 0.1) is 0 Å². The summed E-state index contributed by atoms with van der Waals surface area (Å²) in [6.45, 7) is 3.04. The molecule has 0 aromatic carbocycles. The Morgan fingerprint density at radius 2 is 2.25 bits per heavy atom. The monoisotopic (exact) mass is 187 g/mol. The smallest absolute Gasteiger partial charge is 0.223 e. The predicted molar refractivity (Wildman–Crippen MR) is 53.5 cm³/mol. The molecule has 2 nitrogen and oxygen atoms in total. The number of carbonyl (C=O) groups excluding carboxylic acids is 1. The summed E-state index contributed by atoms with van der Waals surface area (Å²) in [6, 6.07) is 0.567. The van der Waals surface area contributed by atoms with Gasteiger partial charge in [-0.05, 0) is 25.0 Å². The van der Waals surface area contributed by atoms with Crippen molar-refractivity contribution in [2.45, 2.75) is 38.6 Å². The zero-order chi connectivity index (χ0) is 8.97. The van der Waals surface area contributed by atoms with E-state index in [2.05, 4.69) is 19.6 Å². The Morgan fingerprint density at radius 3 is 2.67 bits per heavy atom. The van der Waals surface area contributed by atoms with Gasteiger partial charge in [-0.2, -0.15) is 12.6 Å². The molecule has 0 aliphatic heterocycles. The quantitative estimate of drug-likeness (QED) is 0.650. The summed E-state index contributed by atoms with van der Waals surface area (Å²) in [5.41, 5.74) is 0. The average molecular weight is 187 g/mol. The van der Waals surface area contributed by atoms with E-state index < -0.39 is 0 Å². The fraction of sp³-hybridized carbons (Fsp3) is 0.889. The summed E-state index contributed by atoms with van der Waals surface area (Å²) in [5, 5.41) is 0. The Balaban J connectivity index is 2.34. The van der Waals surface area contributed by atoms with Gasteiger partial charge in [0.15, 0.2) is 0 Å². The maximum atomic E-state index is 11.5. The molecule has 1 aliphatic rings. The van der Waals surface area contributed by atoms with Crippen LogP contribution in [-0.2, 0) is 4.79 Å². The van der Waals surface area contributed by atoms with Gasteiger partial charge in [-0.3, -0.25) is 4.79 Å². The zero-order valence-corrected chi connectivity index (χ0v) is 8.52. The second kappa shape index (κ2) is 4.75. The molecule has 0 aromatic heterocycles. The van der Waals surface area contributed by atoms with Crippen LogP contribution in [0.4, 0.5) is 0 Å². The molecular weight excluding hydrogens is 170 g/mol. The van der Waals surface area contributed by atoms with Crippen LogP contribution in [0.25, 0.3) is 0 Å². The lowest BCUT2D eigenvalue weighted by molar-refractivity contribution is -0.131. The fourth-order valence-electron chi connectivity index (χ4n) is 1.38. The van der Waals surface area contributed by atoms with Gasteiger partial charge >= 0.3 is 0 Å². The van der Waals surface area contributed by atoms with Gasteiger partial charge in [-0.1, -0.05) is 6.92 Å². The number of hydrogen-bond donors (Lipinski definition) is 1. The zero-order valence-electron chi connectivity index (χ0n) is 7.62. The van der Waals surface area contributed by atoms with Crippen LogP contribution in [0.3, 0.4) is 0 Å². The van der Waals surface area contributed by atoms with E-state index >= 15 is 0 Å². The van der Waals surface area contributed by atoms with Gasteiger partial charge in [0.2, 0.25) is 5.91 Å². The third-order valence-corrected chi connectivity index (χ3v) is 2.32. The van der Waals surface area contributed by atoms with Crippen LogP contribution < -0.4 is 0 Å². The first-order valence-electron chi connectivity index (χ1n) is 4.70. The summed E-state index contributed by atoms with van der Waals surface area (Å²) in [7, 11) is 0. The van der Waals surface area contributed by atoms with E-state index in [0.29, 0.717) is 18.2 Å². The molecule has 1 aliphatic carbocycles. The molecule has 1 fully saturated rings. The minimum absolute atomic E-state index is 0.286. The van der Waals surface area contributed by atoms with Crippen molar-refractivity contribution in [3.63, 3.8) is 0 Å². The van der Waals surface area contributed by atoms with Gasteiger partial charge in [0, 0.05) is 19.0 Å². The SMILES string of the molecule is CCCN(C(=O)CCS)C1CC1. The van der Waals surface area contributed by atoms with Crippen molar-refractivity contribution in [1.29, 1.82) is 0 Å². The van der Waals surface area contributed by atoms with Gasteiger partial charge in [0.25, 0.3) is 0 Å². The van der Waals surface area contributed by atoms with Crippen LogP contribution in [0.5, 0.6) is 0 Å². The van der Waals surface area contributed by atoms with Crippen LogP contribution in [0.1, 0.15) is 32.6 Å². The van der Waals surface area contributed by atoms with Crippen molar-refractivity contribution < 1.29 is 4.79 Å². The summed E-state index contributed by atoms with van der Waals surface area (Å²) in [4.78, 5) is 13.5. The number of nitrogens with zero attached hydrogens (tertiary/aromatic N) is 1. The fourth-order valence-corrected chi connectivity index (χ4v) is 1.57. The van der Waals surface area contributed by atoms with Gasteiger partial charge in [-0.25, -0.2) is 0 Å². The van der Waals surface area contributed by atoms with E-state index in [4.69, 9.17) is 0 Å². The van der Waals surface area contributed by atoms with E-state index in [-0.39, 0.29) is 5.91 Å². The molecular formula is C9H17NOS. The van der Waals surface area contributed by atoms with Crippen molar-refractivity contribution in [1.82, 2.24) is 4.90 Å². The number of carbonyl (C=O) groups is 1. The van der Waals surface area contributed by atoms with E-state index in [0.717, 1.165) is 13.0 Å². The Hall–Kier alpha value is -0.180. The molecule has 0 aromatic rings. The van der Waals surface area contributed by atoms with Crippen LogP contribution in [0.2, 0.25) is 0 Å². The van der Waals surface area contributed by atoms with Crippen molar-refractivity contribution in [3.8, 4) is 0 Å². The largest absolute Gasteiger partial charge is 0.340 e. The lowest BCUT2D eigenvalue weighted by atomic mass is 10.3. The van der Waals surface area contributed by atoms with Crippen LogP contribution in [-0.4, -0.2) is 29.1 Å². The van der Waals surface area contributed by atoms with Crippen LogP contribution >= 0.6 is 12.6 Å². The highest BCUT2D eigenvalue weighted by Crippen LogP contribution is 2.27. The Morgan fingerprint density at radius 1 is 1.58 bits per heavy atom. The third-order valence-electron chi connectivity index (χ3n) is 2.10. The normalized spacial score (nSPS) is 16.2. The van der Waals surface area contributed by atoms with E-state index in [1.807, 2.05) is 4.90 Å². The lowest BCUT2D eigenvalue weighted by Crippen LogP contribution is -2.33. The standard InChI is InChI=1S/C9H17NOS/c1-2-6-10(8-3-4-8)9(11)5-7-12/h8,12H,2-7H2,1H3. The summed E-state index contributed by atoms with van der Waals surface area (Å²) >= 11 is 4.06. The Labute approximate surface area is 79.7 Å². The lowest BCUT2D eigenvalue weighted by Gasteiger charge is -2.21. The van der Waals surface area contributed by atoms with Crippen molar-refractivity contribution in [2.24, 2.45) is 0 Å². The molecule has 0 saturated heterocycles. The van der Waals surface area contributed by atoms with Gasteiger partial charge in [0.1, 0.15) is 0 Å². The second-order valence-corrected chi connectivity index (χ2v) is 3.74. The minimum atomic E-state index is 0.286. The first kappa shape index (κ1) is 9.90. The molecule has 3 heteroatoms. The molecule has 0 N–H and O–H groups in total. The first-order chi connectivity index (χ1) is 5.79. The molecule has 0 spiro atoms. The molecule has 70 valence electrons. The number of thiol groups is 1. The minimum Gasteiger partial charge on any atom is -0.340 e. The molecule has 0 heterocycles. The van der Waals surface area contributed by atoms with E-state index in [1.54, 1.807) is 0 Å². The highest BCUT2D eigenvalue weighted by atomic mass is 32.1. The van der Waals surface area contributed by atoms with Crippen molar-refractivity contribution in [3.05, 3.63) is 0 Å². The molecule has 0 bridgehead atoms. The van der Waals surface area contributed by atoms with E-state index in [1.165, 1.54) is 12.8 Å². The summed E-state index contributed by atoms with van der Waals surface area (Å²) in [5.74, 6) is 0.959.